The SMILES string of the molecule is Cl.NCC12CC(C1)N(c1c(F)cc3c(=O)c(C(=O)O)cn(C4CC4)c3c1F)C2. The zero-order valence-electron chi connectivity index (χ0n) is 15.0. The summed E-state index contributed by atoms with van der Waals surface area (Å²) < 4.78 is 31.9. The predicted octanol–water partition coefficient (Wildman–Crippen LogP) is 2.66. The second-order valence-corrected chi connectivity index (χ2v) is 8.13. The first-order chi connectivity index (χ1) is 12.8. The van der Waals surface area contributed by atoms with Crippen LogP contribution in [0.1, 0.15) is 42.1 Å². The molecule has 2 aliphatic heterocycles. The second-order valence-electron chi connectivity index (χ2n) is 8.13. The van der Waals surface area contributed by atoms with Crippen molar-refractivity contribution in [2.75, 3.05) is 18.0 Å². The van der Waals surface area contributed by atoms with E-state index < -0.39 is 28.6 Å². The molecule has 2 aromatic rings. The Kier molecular flexibility index (Phi) is 4.21. The molecule has 1 aromatic heterocycles. The van der Waals surface area contributed by atoms with Gasteiger partial charge in [-0.05, 0) is 38.3 Å². The summed E-state index contributed by atoms with van der Waals surface area (Å²) in [6.07, 6.45) is 4.36. The maximum absolute atomic E-state index is 15.5. The number of aromatic carboxylic acids is 1. The van der Waals surface area contributed by atoms with E-state index in [1.165, 1.54) is 10.8 Å². The molecule has 4 fully saturated rings. The van der Waals surface area contributed by atoms with E-state index in [1.807, 2.05) is 0 Å². The maximum atomic E-state index is 15.5. The molecule has 4 aliphatic rings. The van der Waals surface area contributed by atoms with Crippen LogP contribution < -0.4 is 16.1 Å². The number of nitrogens with zero attached hydrogens (tertiary/aromatic N) is 2. The van der Waals surface area contributed by atoms with E-state index in [2.05, 4.69) is 0 Å². The number of nitrogens with two attached hydrogens (primary N) is 1. The van der Waals surface area contributed by atoms with Gasteiger partial charge in [-0.3, -0.25) is 4.79 Å². The molecule has 2 saturated heterocycles. The number of pyridine rings is 1. The fraction of sp³-hybridized carbons (Fsp3) is 0.474. The summed E-state index contributed by atoms with van der Waals surface area (Å²) in [6.45, 7) is 0.972. The van der Waals surface area contributed by atoms with Crippen LogP contribution in [0.5, 0.6) is 0 Å². The molecule has 0 spiro atoms. The minimum absolute atomic E-state index is 0. The number of halogens is 3. The average Bonchev–Trinajstić information content (AvgIpc) is 3.28. The fourth-order valence-corrected chi connectivity index (χ4v) is 4.76. The molecule has 0 unspecified atom stereocenters. The van der Waals surface area contributed by atoms with Gasteiger partial charge in [0.1, 0.15) is 17.1 Å². The van der Waals surface area contributed by atoms with Crippen molar-refractivity contribution in [1.82, 2.24) is 4.57 Å². The highest BCUT2D eigenvalue weighted by molar-refractivity contribution is 5.94. The van der Waals surface area contributed by atoms with Crippen molar-refractivity contribution in [2.45, 2.75) is 37.8 Å². The third-order valence-electron chi connectivity index (χ3n) is 6.36. The van der Waals surface area contributed by atoms with Gasteiger partial charge in [0.05, 0.1) is 10.9 Å². The van der Waals surface area contributed by atoms with Crippen molar-refractivity contribution >= 4 is 35.0 Å². The van der Waals surface area contributed by atoms with E-state index in [0.29, 0.717) is 13.1 Å². The van der Waals surface area contributed by atoms with Gasteiger partial charge in [0, 0.05) is 30.2 Å². The normalized spacial score (nSPS) is 25.5. The minimum atomic E-state index is -1.40. The van der Waals surface area contributed by atoms with Gasteiger partial charge in [0.2, 0.25) is 5.43 Å². The van der Waals surface area contributed by atoms with Gasteiger partial charge in [-0.1, -0.05) is 0 Å². The van der Waals surface area contributed by atoms with Gasteiger partial charge in [0.15, 0.2) is 5.82 Å². The Morgan fingerprint density at radius 2 is 1.96 bits per heavy atom. The van der Waals surface area contributed by atoms with Crippen molar-refractivity contribution < 1.29 is 18.7 Å². The number of carboxylic acids is 1. The van der Waals surface area contributed by atoms with Crippen LogP contribution in [-0.4, -0.2) is 34.8 Å². The third kappa shape index (κ3) is 2.47. The maximum Gasteiger partial charge on any atom is 0.341 e. The van der Waals surface area contributed by atoms with Crippen molar-refractivity contribution in [3.05, 3.63) is 39.7 Å². The third-order valence-corrected chi connectivity index (χ3v) is 6.36. The fourth-order valence-electron chi connectivity index (χ4n) is 4.76. The van der Waals surface area contributed by atoms with Gasteiger partial charge in [0.25, 0.3) is 0 Å². The molecule has 2 bridgehead atoms. The lowest BCUT2D eigenvalue weighted by Crippen LogP contribution is -2.40. The van der Waals surface area contributed by atoms with E-state index in [1.54, 1.807) is 4.90 Å². The summed E-state index contributed by atoms with van der Waals surface area (Å²) in [5, 5.41) is 9.07. The van der Waals surface area contributed by atoms with Crippen molar-refractivity contribution in [3.8, 4) is 0 Å². The molecular formula is C19H20ClF2N3O3. The summed E-state index contributed by atoms with van der Waals surface area (Å²) in [4.78, 5) is 25.6. The lowest BCUT2D eigenvalue weighted by molar-refractivity contribution is 0.0695. The van der Waals surface area contributed by atoms with Gasteiger partial charge in [-0.15, -0.1) is 12.4 Å². The van der Waals surface area contributed by atoms with E-state index in [4.69, 9.17) is 5.73 Å². The Labute approximate surface area is 165 Å². The average molecular weight is 412 g/mol. The first-order valence-corrected chi connectivity index (χ1v) is 9.12. The number of carboxylic acid groups (broad SMARTS) is 1. The van der Waals surface area contributed by atoms with Crippen molar-refractivity contribution in [1.29, 1.82) is 0 Å². The monoisotopic (exact) mass is 411 g/mol. The van der Waals surface area contributed by atoms with Crippen LogP contribution in [0.3, 0.4) is 0 Å². The molecule has 0 radical (unpaired) electrons. The number of rotatable bonds is 4. The number of anilines is 1. The quantitative estimate of drug-likeness (QED) is 0.807. The van der Waals surface area contributed by atoms with Crippen LogP contribution in [0.25, 0.3) is 10.9 Å². The first kappa shape index (κ1) is 19.1. The lowest BCUT2D eigenvalue weighted by atomic mass is 9.70. The van der Waals surface area contributed by atoms with Crippen LogP contribution >= 0.6 is 12.4 Å². The van der Waals surface area contributed by atoms with Crippen LogP contribution in [0, 0.1) is 17.0 Å². The van der Waals surface area contributed by atoms with E-state index in [-0.39, 0.29) is 46.5 Å². The summed E-state index contributed by atoms with van der Waals surface area (Å²) >= 11 is 0. The zero-order valence-corrected chi connectivity index (χ0v) is 15.8. The number of aromatic nitrogens is 1. The second kappa shape index (κ2) is 6.15. The van der Waals surface area contributed by atoms with Gasteiger partial charge < -0.3 is 20.3 Å². The summed E-state index contributed by atoms with van der Waals surface area (Å²) in [5.41, 5.74) is 4.30. The Bertz CT molecular complexity index is 1060. The Balaban J connectivity index is 0.00000192. The van der Waals surface area contributed by atoms with Gasteiger partial charge >= 0.3 is 5.97 Å². The number of hydrogen-bond donors (Lipinski definition) is 2. The van der Waals surface area contributed by atoms with Crippen LogP contribution in [0.15, 0.2) is 17.1 Å². The lowest BCUT2D eigenvalue weighted by Gasteiger charge is -2.36. The molecule has 150 valence electrons. The van der Waals surface area contributed by atoms with Crippen LogP contribution in [0.2, 0.25) is 0 Å². The van der Waals surface area contributed by atoms with Gasteiger partial charge in [-0.2, -0.15) is 0 Å². The number of benzene rings is 1. The van der Waals surface area contributed by atoms with E-state index in [0.717, 1.165) is 31.7 Å². The van der Waals surface area contributed by atoms with Crippen LogP contribution in [-0.2, 0) is 0 Å². The van der Waals surface area contributed by atoms with E-state index in [9.17, 15) is 19.1 Å². The standard InChI is InChI=1S/C19H19F2N3O3.ClH/c20-13-3-11-15(23(9-1-2-9)6-12(17(11)25)18(26)27)14(21)16(13)24-8-19(7-22)4-10(24)5-19;/h3,6,9-10H,1-2,4-5,7-8,22H2,(H,26,27);1H. The van der Waals surface area contributed by atoms with Crippen molar-refractivity contribution in [2.24, 2.45) is 11.1 Å². The molecule has 1 aromatic carbocycles. The Morgan fingerprint density at radius 1 is 1.29 bits per heavy atom. The number of hydrogen-bond acceptors (Lipinski definition) is 4. The highest BCUT2D eigenvalue weighted by Crippen LogP contribution is 2.53. The summed E-state index contributed by atoms with van der Waals surface area (Å²) in [6, 6.07) is 0.975. The molecule has 3 heterocycles. The van der Waals surface area contributed by atoms with Gasteiger partial charge in [-0.25, -0.2) is 13.6 Å². The molecule has 9 heteroatoms. The van der Waals surface area contributed by atoms with E-state index >= 15 is 4.39 Å². The highest BCUT2D eigenvalue weighted by Gasteiger charge is 2.55. The van der Waals surface area contributed by atoms with Crippen LogP contribution in [0.4, 0.5) is 14.5 Å². The molecule has 6 rings (SSSR count). The summed E-state index contributed by atoms with van der Waals surface area (Å²) in [5.74, 6) is -3.01. The predicted molar refractivity (Wildman–Crippen MR) is 102 cm³/mol. The molecule has 6 nitrogen and oxygen atoms in total. The molecule has 3 N–H and O–H groups in total. The smallest absolute Gasteiger partial charge is 0.341 e. The molecule has 2 saturated carbocycles. The summed E-state index contributed by atoms with van der Waals surface area (Å²) in [7, 11) is 0. The highest BCUT2D eigenvalue weighted by atomic mass is 35.5. The topological polar surface area (TPSA) is 88.6 Å². The Morgan fingerprint density at radius 3 is 2.50 bits per heavy atom. The number of fused-ring (bicyclic) bond motifs is 2. The minimum Gasteiger partial charge on any atom is -0.477 e. The molecule has 0 amide bonds. The van der Waals surface area contributed by atoms with Crippen molar-refractivity contribution in [3.63, 3.8) is 0 Å². The molecule has 0 atom stereocenters. The number of carbonyl (C=O) groups is 1. The zero-order chi connectivity index (χ0) is 19.1. The molecule has 28 heavy (non-hydrogen) atoms. The molecular weight excluding hydrogens is 392 g/mol. The first-order valence-electron chi connectivity index (χ1n) is 9.12. The Hall–Kier alpha value is -2.19. The molecule has 2 aliphatic carbocycles. The largest absolute Gasteiger partial charge is 0.477 e.